The molecule has 3 aliphatic carbocycles. The lowest BCUT2D eigenvalue weighted by molar-refractivity contribution is -0.347. The summed E-state index contributed by atoms with van der Waals surface area (Å²) in [6.45, 7) is 16.7. The minimum atomic E-state index is -2.48. The molecule has 13 atom stereocenters. The molecule has 20 heteroatoms. The lowest BCUT2D eigenvalue weighted by Crippen LogP contribution is -2.82. The second-order valence-corrected chi connectivity index (χ2v) is 23.2. The first-order valence-corrected chi connectivity index (χ1v) is 25.8. The molecule has 3 fully saturated rings. The number of carbonyl (C=O) groups excluding carboxylic acids is 7. The van der Waals surface area contributed by atoms with Crippen molar-refractivity contribution < 1.29 is 86.8 Å². The summed E-state index contributed by atoms with van der Waals surface area (Å²) in [5.41, 5.74) is -9.38. The van der Waals surface area contributed by atoms with Crippen LogP contribution in [-0.2, 0) is 57.1 Å². The topological polar surface area (TPSA) is 278 Å². The fourth-order valence-corrected chi connectivity index (χ4v) is 11.7. The second kappa shape index (κ2) is 22.2. The molecule has 78 heavy (non-hydrogen) atoms. The minimum absolute atomic E-state index is 0.0105. The molecule has 5 N–H and O–H groups in total. The molecule has 0 spiro atoms. The molecule has 422 valence electrons. The lowest BCUT2D eigenvalue weighted by atomic mass is 9.44. The van der Waals surface area contributed by atoms with E-state index >= 15 is 4.79 Å². The number of fused-ring (bicyclic) bond motifs is 5. The largest absolute Gasteiger partial charge is 0.459 e. The van der Waals surface area contributed by atoms with Crippen LogP contribution in [0.25, 0.3) is 0 Å². The summed E-state index contributed by atoms with van der Waals surface area (Å²) in [6.07, 6.45) is -15.2. The zero-order valence-electron chi connectivity index (χ0n) is 46.0. The van der Waals surface area contributed by atoms with Crippen LogP contribution < -0.4 is 10.6 Å². The highest BCUT2D eigenvalue weighted by molar-refractivity contribution is 5.95. The molecule has 2 saturated carbocycles. The first-order chi connectivity index (χ1) is 36.4. The Kier molecular flexibility index (Phi) is 16.8. The SMILES string of the molecule is CO[C@H]1C(=O)[C@]2(C)[C@@H](OC(=O)[C@H](O)[C@@H](NC(=O)OC(C)(C)C)c3ccccc3)C[C@H]3OC[C@@]3(OC(C)=O)[C@H]2[C@H](OC(=O)c2ccccc2)[C@]2(O)C[C@H](OC(=O)C(O)C(NC(=O)OC(C)(C)C)c3ccccc3)C(C)=C1C2(C)C. The maximum atomic E-state index is 16.3. The van der Waals surface area contributed by atoms with E-state index in [2.05, 4.69) is 10.6 Å². The predicted molar refractivity (Wildman–Crippen MR) is 277 cm³/mol. The maximum Gasteiger partial charge on any atom is 0.408 e. The molecular weight excluding hydrogens is 1010 g/mol. The van der Waals surface area contributed by atoms with E-state index in [9.17, 15) is 44.1 Å². The monoisotopic (exact) mass is 1080 g/mol. The van der Waals surface area contributed by atoms with Gasteiger partial charge in [-0.2, -0.15) is 0 Å². The van der Waals surface area contributed by atoms with Crippen LogP contribution in [0.3, 0.4) is 0 Å². The fraction of sp³-hybridized carbons (Fsp3) is 0.534. The zero-order valence-corrected chi connectivity index (χ0v) is 46.0. The Hall–Kier alpha value is -6.71. The van der Waals surface area contributed by atoms with Gasteiger partial charge in [0.05, 0.1) is 35.6 Å². The third-order valence-corrected chi connectivity index (χ3v) is 15.4. The van der Waals surface area contributed by atoms with Crippen LogP contribution in [-0.4, -0.2) is 136 Å². The normalized spacial score (nSPS) is 28.9. The van der Waals surface area contributed by atoms with Gasteiger partial charge in [-0.3, -0.25) is 9.59 Å². The van der Waals surface area contributed by atoms with Crippen molar-refractivity contribution in [1.29, 1.82) is 0 Å². The van der Waals surface area contributed by atoms with Crippen LogP contribution in [0.4, 0.5) is 9.59 Å². The Morgan fingerprint density at radius 3 is 1.63 bits per heavy atom. The van der Waals surface area contributed by atoms with E-state index in [0.29, 0.717) is 5.56 Å². The van der Waals surface area contributed by atoms with Gasteiger partial charge < -0.3 is 63.8 Å². The molecule has 3 aromatic carbocycles. The third-order valence-electron chi connectivity index (χ3n) is 15.4. The van der Waals surface area contributed by atoms with E-state index < -0.39 is 149 Å². The quantitative estimate of drug-likeness (QED) is 0.0694. The van der Waals surface area contributed by atoms with Crippen molar-refractivity contribution in [2.45, 2.75) is 166 Å². The smallest absolute Gasteiger partial charge is 0.408 e. The van der Waals surface area contributed by atoms with Crippen molar-refractivity contribution in [2.24, 2.45) is 16.7 Å². The van der Waals surface area contributed by atoms with Gasteiger partial charge in [-0.25, -0.2) is 24.0 Å². The molecule has 0 radical (unpaired) electrons. The van der Waals surface area contributed by atoms with Crippen molar-refractivity contribution in [2.75, 3.05) is 13.7 Å². The standard InChI is InChI=1S/C58H72N2O18/c1-31-36(73-49(66)42(62)40(33-22-16-13-17-23-33)59-51(68)77-53(3,4)5)29-58(70)47(75-48(65)35-26-20-15-21-27-35)45-56(11,46(64)44(71-12)39(31)55(58,9)10)37(28-38-57(45,30-72-38)76-32(2)61)74-50(67)43(63)41(34-24-18-14-19-25-34)60-52(69)78-54(6,7)8/h13-27,36-38,40-45,47,62-63,70H,28-30H2,1-12H3,(H,59,68)(H,60,69)/t36-,37-,38+,40?,41-,42?,43+,44+,45-,47-,56+,57-,58+/m0/s1. The summed E-state index contributed by atoms with van der Waals surface area (Å²) >= 11 is 0. The highest BCUT2D eigenvalue weighted by Gasteiger charge is 2.79. The van der Waals surface area contributed by atoms with Gasteiger partial charge in [0.2, 0.25) is 0 Å². The maximum absolute atomic E-state index is 16.3. The zero-order chi connectivity index (χ0) is 57.5. The number of carbonyl (C=O) groups is 7. The van der Waals surface area contributed by atoms with Crippen molar-refractivity contribution in [3.63, 3.8) is 0 Å². The van der Waals surface area contributed by atoms with Crippen LogP contribution in [0.2, 0.25) is 0 Å². The molecule has 3 aromatic rings. The molecule has 20 nitrogen and oxygen atoms in total. The number of Topliss-reactive ketones (excluding diaryl/α,β-unsaturated/α-hetero) is 1. The number of amides is 2. The second-order valence-electron chi connectivity index (χ2n) is 23.2. The number of aliphatic hydroxyl groups is 3. The number of aliphatic hydroxyl groups excluding tert-OH is 2. The Morgan fingerprint density at radius 1 is 0.718 bits per heavy atom. The van der Waals surface area contributed by atoms with Crippen molar-refractivity contribution >= 4 is 41.8 Å². The first-order valence-electron chi connectivity index (χ1n) is 25.8. The Labute approximate surface area is 453 Å². The molecule has 1 aliphatic heterocycles. The number of hydrogen-bond donors (Lipinski definition) is 5. The van der Waals surface area contributed by atoms with E-state index in [4.69, 9.17) is 37.9 Å². The summed E-state index contributed by atoms with van der Waals surface area (Å²) in [7, 11) is 1.23. The van der Waals surface area contributed by atoms with Gasteiger partial charge in [0.25, 0.3) is 0 Å². The third kappa shape index (κ3) is 11.4. The molecule has 7 rings (SSSR count). The lowest BCUT2D eigenvalue weighted by Gasteiger charge is -2.67. The molecule has 2 unspecified atom stereocenters. The van der Waals surface area contributed by atoms with Crippen molar-refractivity contribution in [1.82, 2.24) is 10.6 Å². The fourth-order valence-electron chi connectivity index (χ4n) is 11.7. The summed E-state index contributed by atoms with van der Waals surface area (Å²) < 4.78 is 48.6. The molecule has 1 saturated heterocycles. The van der Waals surface area contributed by atoms with E-state index in [1.54, 1.807) is 141 Å². The number of esters is 4. The highest BCUT2D eigenvalue weighted by Crippen LogP contribution is 2.65. The van der Waals surface area contributed by atoms with Crippen molar-refractivity contribution in [3.8, 4) is 0 Å². The average molecular weight is 1090 g/mol. The Bertz CT molecular complexity index is 2770. The molecule has 2 amide bonds. The number of ether oxygens (including phenoxy) is 8. The van der Waals surface area contributed by atoms with Gasteiger partial charge in [-0.15, -0.1) is 0 Å². The molecule has 4 aliphatic rings. The van der Waals surface area contributed by atoms with E-state index in [0.717, 1.165) is 6.92 Å². The van der Waals surface area contributed by atoms with Crippen molar-refractivity contribution in [3.05, 3.63) is 119 Å². The summed E-state index contributed by atoms with van der Waals surface area (Å²) in [4.78, 5) is 100. The summed E-state index contributed by atoms with van der Waals surface area (Å²) in [5, 5.41) is 43.1. The van der Waals surface area contributed by atoms with Gasteiger partial charge in [0.1, 0.15) is 47.3 Å². The Balaban J connectivity index is 1.39. The number of alkyl carbamates (subject to hydrolysis) is 2. The number of ketones is 1. The average Bonchev–Trinajstić information content (AvgIpc) is 3.42. The van der Waals surface area contributed by atoms with Crippen LogP contribution in [0, 0.1) is 16.7 Å². The van der Waals surface area contributed by atoms with Gasteiger partial charge in [-0.05, 0) is 89.8 Å². The number of benzene rings is 3. The van der Waals surface area contributed by atoms with Gasteiger partial charge in [0.15, 0.2) is 23.6 Å². The molecule has 1 heterocycles. The van der Waals surface area contributed by atoms with Gasteiger partial charge in [-0.1, -0.05) is 92.7 Å². The highest BCUT2D eigenvalue weighted by atomic mass is 16.6. The van der Waals surface area contributed by atoms with Gasteiger partial charge in [0, 0.05) is 32.3 Å². The molecule has 2 bridgehead atoms. The van der Waals surface area contributed by atoms with Crippen LogP contribution in [0.1, 0.15) is 123 Å². The van der Waals surface area contributed by atoms with Crippen LogP contribution in [0.5, 0.6) is 0 Å². The number of hydrogen-bond acceptors (Lipinski definition) is 18. The molecular formula is C58H72N2O18. The van der Waals surface area contributed by atoms with Crippen LogP contribution in [0.15, 0.2) is 102 Å². The van der Waals surface area contributed by atoms with Crippen LogP contribution >= 0.6 is 0 Å². The predicted octanol–water partition coefficient (Wildman–Crippen LogP) is 6.09. The minimum Gasteiger partial charge on any atom is -0.459 e. The van der Waals surface area contributed by atoms with Gasteiger partial charge >= 0.3 is 36.1 Å². The molecule has 0 aromatic heterocycles. The number of rotatable bonds is 14. The van der Waals surface area contributed by atoms with E-state index in [1.165, 1.54) is 26.2 Å². The van der Waals surface area contributed by atoms with E-state index in [1.807, 2.05) is 0 Å². The Morgan fingerprint density at radius 2 is 1.19 bits per heavy atom. The summed E-state index contributed by atoms with van der Waals surface area (Å²) in [5.74, 6) is -6.96. The summed E-state index contributed by atoms with van der Waals surface area (Å²) in [6, 6.07) is 21.0. The number of nitrogens with one attached hydrogen (secondary N) is 2. The van der Waals surface area contributed by atoms with E-state index in [-0.39, 0.29) is 28.7 Å². The number of methoxy groups -OCH3 is 1. The first kappa shape index (κ1) is 59.0.